The van der Waals surface area contributed by atoms with Crippen LogP contribution in [0.15, 0.2) is 0 Å². The molecule has 1 nitrogen and oxygen atoms in total. The van der Waals surface area contributed by atoms with Crippen LogP contribution in [0.25, 0.3) is 0 Å². The topological polar surface area (TPSA) is 12.0 Å². The molecule has 12 heavy (non-hydrogen) atoms. The highest BCUT2D eigenvalue weighted by Gasteiger charge is 2.09. The van der Waals surface area contributed by atoms with Crippen molar-refractivity contribution in [3.05, 3.63) is 0 Å². The first-order valence-electron chi connectivity index (χ1n) is 4.88. The van der Waals surface area contributed by atoms with Crippen LogP contribution >= 0.6 is 11.8 Å². The fourth-order valence-corrected chi connectivity index (χ4v) is 1.25. The first kappa shape index (κ1) is 12.3. The Balaban J connectivity index is 3.49. The van der Waals surface area contributed by atoms with Gasteiger partial charge in [0.05, 0.1) is 0 Å². The molecular formula is C10H23NS. The molecule has 74 valence electrons. The van der Waals surface area contributed by atoms with Crippen LogP contribution in [0, 0.1) is 5.92 Å². The van der Waals surface area contributed by atoms with Gasteiger partial charge in [-0.1, -0.05) is 27.2 Å². The van der Waals surface area contributed by atoms with Gasteiger partial charge in [0, 0.05) is 17.8 Å². The minimum atomic E-state index is 0.657. The summed E-state index contributed by atoms with van der Waals surface area (Å²) in [6, 6.07) is 0.657. The monoisotopic (exact) mass is 189 g/mol. The molecule has 0 aliphatic heterocycles. The van der Waals surface area contributed by atoms with Gasteiger partial charge in [0.15, 0.2) is 0 Å². The van der Waals surface area contributed by atoms with E-state index in [9.17, 15) is 0 Å². The normalized spacial score (nSPS) is 18.8. The predicted octanol–water partition coefficient (Wildman–Crippen LogP) is 2.76. The van der Waals surface area contributed by atoms with Crippen LogP contribution in [-0.4, -0.2) is 24.1 Å². The Kier molecular flexibility index (Phi) is 6.96. The fourth-order valence-electron chi connectivity index (χ4n) is 0.990. The molecule has 0 aliphatic rings. The summed E-state index contributed by atoms with van der Waals surface area (Å²) >= 11 is 1.92. The van der Waals surface area contributed by atoms with Crippen LogP contribution < -0.4 is 5.32 Å². The lowest BCUT2D eigenvalue weighted by atomic mass is 10.0. The quantitative estimate of drug-likeness (QED) is 0.689. The van der Waals surface area contributed by atoms with E-state index in [0.717, 1.165) is 17.7 Å². The van der Waals surface area contributed by atoms with Crippen molar-refractivity contribution in [1.29, 1.82) is 0 Å². The largest absolute Gasteiger partial charge is 0.313 e. The van der Waals surface area contributed by atoms with Gasteiger partial charge in [-0.3, -0.25) is 0 Å². The minimum Gasteiger partial charge on any atom is -0.313 e. The van der Waals surface area contributed by atoms with E-state index in [0.29, 0.717) is 6.04 Å². The van der Waals surface area contributed by atoms with Crippen LogP contribution in [-0.2, 0) is 0 Å². The average molecular weight is 189 g/mol. The zero-order valence-electron chi connectivity index (χ0n) is 9.05. The summed E-state index contributed by atoms with van der Waals surface area (Å²) in [6.07, 6.45) is 3.43. The van der Waals surface area contributed by atoms with Gasteiger partial charge in [0.25, 0.3) is 0 Å². The molecule has 0 aromatic rings. The van der Waals surface area contributed by atoms with E-state index in [2.05, 4.69) is 39.3 Å². The van der Waals surface area contributed by atoms with Gasteiger partial charge in [-0.25, -0.2) is 0 Å². The van der Waals surface area contributed by atoms with Crippen LogP contribution in [0.5, 0.6) is 0 Å². The minimum absolute atomic E-state index is 0.657. The van der Waals surface area contributed by atoms with E-state index in [1.807, 2.05) is 11.8 Å². The Bertz CT molecular complexity index is 106. The fraction of sp³-hybridized carbons (Fsp3) is 1.00. The summed E-state index contributed by atoms with van der Waals surface area (Å²) in [6.45, 7) is 10.2. The van der Waals surface area contributed by atoms with Crippen LogP contribution in [0.4, 0.5) is 0 Å². The molecule has 0 saturated heterocycles. The molecule has 0 fully saturated rings. The summed E-state index contributed by atoms with van der Waals surface area (Å²) in [5.74, 6) is 0.791. The third kappa shape index (κ3) is 5.04. The molecule has 0 spiro atoms. The van der Waals surface area contributed by atoms with E-state index < -0.39 is 0 Å². The summed E-state index contributed by atoms with van der Waals surface area (Å²) < 4.78 is 0. The van der Waals surface area contributed by atoms with E-state index >= 15 is 0 Å². The number of hydrogen-bond donors (Lipinski definition) is 1. The zero-order chi connectivity index (χ0) is 9.56. The van der Waals surface area contributed by atoms with Crippen LogP contribution in [0.1, 0.15) is 34.1 Å². The molecule has 0 aromatic heterocycles. The molecule has 3 unspecified atom stereocenters. The van der Waals surface area contributed by atoms with Gasteiger partial charge in [-0.2, -0.15) is 11.8 Å². The summed E-state index contributed by atoms with van der Waals surface area (Å²) in [4.78, 5) is 0. The molecule has 0 radical (unpaired) electrons. The highest BCUT2D eigenvalue weighted by atomic mass is 32.2. The molecule has 0 saturated carbocycles. The van der Waals surface area contributed by atoms with Gasteiger partial charge in [0.2, 0.25) is 0 Å². The van der Waals surface area contributed by atoms with Crippen LogP contribution in [0.2, 0.25) is 0 Å². The van der Waals surface area contributed by atoms with E-state index in [1.165, 1.54) is 6.42 Å². The molecule has 0 aromatic carbocycles. The van der Waals surface area contributed by atoms with Gasteiger partial charge in [-0.15, -0.1) is 0 Å². The zero-order valence-corrected chi connectivity index (χ0v) is 9.87. The second-order valence-corrected chi connectivity index (χ2v) is 4.90. The summed E-state index contributed by atoms with van der Waals surface area (Å²) in [7, 11) is 0. The van der Waals surface area contributed by atoms with Crippen molar-refractivity contribution in [2.45, 2.75) is 45.4 Å². The lowest BCUT2D eigenvalue weighted by molar-refractivity contribution is 0.393. The molecule has 0 rings (SSSR count). The number of hydrogen-bond acceptors (Lipinski definition) is 2. The Labute approximate surface area is 81.7 Å². The molecule has 0 aliphatic carbocycles. The van der Waals surface area contributed by atoms with Gasteiger partial charge < -0.3 is 5.32 Å². The van der Waals surface area contributed by atoms with Crippen molar-refractivity contribution in [2.24, 2.45) is 5.92 Å². The molecule has 0 amide bonds. The lowest BCUT2D eigenvalue weighted by Gasteiger charge is -2.21. The molecule has 1 N–H and O–H groups in total. The molecule has 2 heteroatoms. The van der Waals surface area contributed by atoms with Gasteiger partial charge >= 0.3 is 0 Å². The summed E-state index contributed by atoms with van der Waals surface area (Å²) in [5, 5.41) is 4.30. The first-order chi connectivity index (χ1) is 5.61. The van der Waals surface area contributed by atoms with E-state index in [4.69, 9.17) is 0 Å². The first-order valence-corrected chi connectivity index (χ1v) is 6.16. The molecule has 0 bridgehead atoms. The van der Waals surface area contributed by atoms with E-state index in [1.54, 1.807) is 0 Å². The van der Waals surface area contributed by atoms with E-state index in [-0.39, 0.29) is 0 Å². The third-order valence-electron chi connectivity index (χ3n) is 2.63. The number of nitrogens with one attached hydrogen (secondary N) is 1. The second kappa shape index (κ2) is 6.79. The molecular weight excluding hydrogens is 166 g/mol. The Morgan fingerprint density at radius 2 is 1.83 bits per heavy atom. The van der Waals surface area contributed by atoms with Crippen molar-refractivity contribution >= 4 is 11.8 Å². The van der Waals surface area contributed by atoms with Crippen molar-refractivity contribution in [3.8, 4) is 0 Å². The Hall–Kier alpha value is 0.310. The van der Waals surface area contributed by atoms with Crippen molar-refractivity contribution < 1.29 is 0 Å². The Morgan fingerprint density at radius 3 is 2.25 bits per heavy atom. The van der Waals surface area contributed by atoms with Crippen LogP contribution in [0.3, 0.4) is 0 Å². The molecule has 0 heterocycles. The third-order valence-corrected chi connectivity index (χ3v) is 3.60. The highest BCUT2D eigenvalue weighted by molar-refractivity contribution is 7.99. The maximum absolute atomic E-state index is 3.56. The highest BCUT2D eigenvalue weighted by Crippen LogP contribution is 2.08. The SMILES string of the molecule is CCC(C)C(C)NCC(C)SC. The number of rotatable bonds is 6. The maximum Gasteiger partial charge on any atom is 0.0141 e. The maximum atomic E-state index is 3.56. The van der Waals surface area contributed by atoms with Crippen molar-refractivity contribution in [1.82, 2.24) is 5.32 Å². The predicted molar refractivity (Wildman–Crippen MR) is 59.9 cm³/mol. The average Bonchev–Trinajstić information content (AvgIpc) is 2.11. The lowest BCUT2D eigenvalue weighted by Crippen LogP contribution is -2.35. The Morgan fingerprint density at radius 1 is 1.25 bits per heavy atom. The standard InChI is InChI=1S/C10H23NS/c1-6-8(2)10(4)11-7-9(3)12-5/h8-11H,6-7H2,1-5H3. The summed E-state index contributed by atoms with van der Waals surface area (Å²) in [5.41, 5.74) is 0. The smallest absolute Gasteiger partial charge is 0.0141 e. The number of thioether (sulfide) groups is 1. The second-order valence-electron chi connectivity index (χ2n) is 3.63. The van der Waals surface area contributed by atoms with Gasteiger partial charge in [-0.05, 0) is 19.1 Å². The molecule has 3 atom stereocenters. The van der Waals surface area contributed by atoms with Gasteiger partial charge in [0.1, 0.15) is 0 Å². The van der Waals surface area contributed by atoms with Crippen molar-refractivity contribution in [3.63, 3.8) is 0 Å². The van der Waals surface area contributed by atoms with Crippen molar-refractivity contribution in [2.75, 3.05) is 12.8 Å².